The van der Waals surface area contributed by atoms with Gasteiger partial charge in [0.2, 0.25) is 11.8 Å². The van der Waals surface area contributed by atoms with E-state index < -0.39 is 0 Å². The number of nitrogens with zero attached hydrogens (tertiary/aromatic N) is 1. The maximum atomic E-state index is 12.9. The third-order valence-corrected chi connectivity index (χ3v) is 4.85. The molecular formula is C24H32N2O2. The highest BCUT2D eigenvalue weighted by Crippen LogP contribution is 2.32. The van der Waals surface area contributed by atoms with Gasteiger partial charge in [-0.2, -0.15) is 0 Å². The normalized spacial score (nSPS) is 11.4. The van der Waals surface area contributed by atoms with Crippen LogP contribution < -0.4 is 10.2 Å². The van der Waals surface area contributed by atoms with Crippen molar-refractivity contribution < 1.29 is 9.59 Å². The van der Waals surface area contributed by atoms with Gasteiger partial charge >= 0.3 is 0 Å². The molecule has 0 bridgehead atoms. The van der Waals surface area contributed by atoms with Gasteiger partial charge in [0.05, 0.1) is 5.69 Å². The van der Waals surface area contributed by atoms with Crippen molar-refractivity contribution in [3.05, 3.63) is 59.2 Å². The average molecular weight is 381 g/mol. The van der Waals surface area contributed by atoms with Gasteiger partial charge in [0, 0.05) is 12.6 Å². The van der Waals surface area contributed by atoms with Crippen LogP contribution in [0.5, 0.6) is 0 Å². The molecule has 2 aromatic carbocycles. The lowest BCUT2D eigenvalue weighted by atomic mass is 9.86. The van der Waals surface area contributed by atoms with E-state index in [9.17, 15) is 9.59 Å². The summed E-state index contributed by atoms with van der Waals surface area (Å²) >= 11 is 0. The van der Waals surface area contributed by atoms with Crippen LogP contribution in [0.1, 0.15) is 64.2 Å². The van der Waals surface area contributed by atoms with Gasteiger partial charge in [-0.25, -0.2) is 0 Å². The van der Waals surface area contributed by atoms with Crippen LogP contribution in [0.2, 0.25) is 0 Å². The standard InChI is InChI=1S/C24H32N2O2/c1-16(2)19-12-10-11-17(3)23(19)26(18(4)27)15-22(28)25-21-14-9-8-13-20(21)24(5,6)7/h8-14,16H,15H2,1-7H3,(H,25,28). The number of hydrogen-bond donors (Lipinski definition) is 1. The molecule has 150 valence electrons. The molecule has 0 spiro atoms. The van der Waals surface area contributed by atoms with E-state index in [0.717, 1.165) is 28.1 Å². The largest absolute Gasteiger partial charge is 0.324 e. The molecule has 0 saturated heterocycles. The van der Waals surface area contributed by atoms with Crippen LogP contribution in [0.25, 0.3) is 0 Å². The van der Waals surface area contributed by atoms with Crippen molar-refractivity contribution in [3.8, 4) is 0 Å². The van der Waals surface area contributed by atoms with Crippen LogP contribution in [0.15, 0.2) is 42.5 Å². The first-order chi connectivity index (χ1) is 13.0. The van der Waals surface area contributed by atoms with Crippen molar-refractivity contribution in [1.82, 2.24) is 0 Å². The van der Waals surface area contributed by atoms with Crippen molar-refractivity contribution in [2.24, 2.45) is 0 Å². The first kappa shape index (κ1) is 21.7. The van der Waals surface area contributed by atoms with Crippen LogP contribution in [0.4, 0.5) is 11.4 Å². The fraction of sp³-hybridized carbons (Fsp3) is 0.417. The second-order valence-electron chi connectivity index (χ2n) is 8.62. The highest BCUT2D eigenvalue weighted by atomic mass is 16.2. The van der Waals surface area contributed by atoms with Gasteiger partial charge in [-0.1, -0.05) is 71.0 Å². The van der Waals surface area contributed by atoms with E-state index in [1.165, 1.54) is 6.92 Å². The predicted molar refractivity (Wildman–Crippen MR) is 117 cm³/mol. The highest BCUT2D eigenvalue weighted by molar-refractivity contribution is 6.03. The Morgan fingerprint density at radius 2 is 1.68 bits per heavy atom. The van der Waals surface area contributed by atoms with Crippen molar-refractivity contribution in [2.45, 2.75) is 59.8 Å². The number of amides is 2. The fourth-order valence-corrected chi connectivity index (χ4v) is 3.44. The Kier molecular flexibility index (Phi) is 6.65. The van der Waals surface area contributed by atoms with Gasteiger partial charge in [0.25, 0.3) is 0 Å². The maximum Gasteiger partial charge on any atom is 0.244 e. The Bertz CT molecular complexity index is 863. The Morgan fingerprint density at radius 1 is 1.04 bits per heavy atom. The second kappa shape index (κ2) is 8.59. The minimum absolute atomic E-state index is 0.0155. The van der Waals surface area contributed by atoms with Gasteiger partial charge in [-0.3, -0.25) is 9.59 Å². The quantitative estimate of drug-likeness (QED) is 0.754. The molecule has 0 heterocycles. The van der Waals surface area contributed by atoms with Crippen molar-refractivity contribution >= 4 is 23.2 Å². The van der Waals surface area contributed by atoms with Crippen LogP contribution in [-0.4, -0.2) is 18.4 Å². The molecule has 0 aliphatic carbocycles. The Hall–Kier alpha value is -2.62. The van der Waals surface area contributed by atoms with Gasteiger partial charge in [0.1, 0.15) is 6.54 Å². The number of benzene rings is 2. The molecule has 0 radical (unpaired) electrons. The van der Waals surface area contributed by atoms with Crippen LogP contribution in [-0.2, 0) is 15.0 Å². The lowest BCUT2D eigenvalue weighted by Gasteiger charge is -2.27. The third kappa shape index (κ3) is 5.00. The topological polar surface area (TPSA) is 49.4 Å². The number of anilines is 2. The molecule has 0 unspecified atom stereocenters. The summed E-state index contributed by atoms with van der Waals surface area (Å²) in [6.45, 7) is 14.0. The average Bonchev–Trinajstić information content (AvgIpc) is 2.59. The first-order valence-corrected chi connectivity index (χ1v) is 9.79. The van der Waals surface area contributed by atoms with Crippen molar-refractivity contribution in [2.75, 3.05) is 16.8 Å². The van der Waals surface area contributed by atoms with Crippen molar-refractivity contribution in [3.63, 3.8) is 0 Å². The van der Waals surface area contributed by atoms with Crippen molar-refractivity contribution in [1.29, 1.82) is 0 Å². The molecule has 28 heavy (non-hydrogen) atoms. The van der Waals surface area contributed by atoms with E-state index in [0.29, 0.717) is 0 Å². The number of nitrogens with one attached hydrogen (secondary N) is 1. The molecule has 2 rings (SSSR count). The fourth-order valence-electron chi connectivity index (χ4n) is 3.44. The van der Waals surface area contributed by atoms with Gasteiger partial charge in [-0.15, -0.1) is 0 Å². The molecule has 0 aliphatic rings. The van der Waals surface area contributed by atoms with E-state index in [1.54, 1.807) is 4.90 Å². The molecule has 1 N–H and O–H groups in total. The third-order valence-electron chi connectivity index (χ3n) is 4.85. The number of aryl methyl sites for hydroxylation is 1. The summed E-state index contributed by atoms with van der Waals surface area (Å²) in [6.07, 6.45) is 0. The Labute approximate surface area is 169 Å². The zero-order valence-corrected chi connectivity index (χ0v) is 18.1. The summed E-state index contributed by atoms with van der Waals surface area (Å²) in [7, 11) is 0. The number of para-hydroxylation sites is 2. The van der Waals surface area contributed by atoms with Gasteiger partial charge in [-0.05, 0) is 41.0 Å². The van der Waals surface area contributed by atoms with Gasteiger partial charge < -0.3 is 10.2 Å². The van der Waals surface area contributed by atoms with Crippen LogP contribution >= 0.6 is 0 Å². The number of rotatable bonds is 5. The number of carbonyl (C=O) groups is 2. The molecular weight excluding hydrogens is 348 g/mol. The Morgan fingerprint density at radius 3 is 2.25 bits per heavy atom. The van der Waals surface area contributed by atoms with E-state index in [4.69, 9.17) is 0 Å². The lowest BCUT2D eigenvalue weighted by molar-refractivity contribution is -0.120. The van der Waals surface area contributed by atoms with Crippen LogP contribution in [0, 0.1) is 6.92 Å². The maximum absolute atomic E-state index is 12.9. The van der Waals surface area contributed by atoms with E-state index in [1.807, 2.05) is 49.4 Å². The molecule has 4 heteroatoms. The van der Waals surface area contributed by atoms with Crippen LogP contribution in [0.3, 0.4) is 0 Å². The summed E-state index contributed by atoms with van der Waals surface area (Å²) in [5, 5.41) is 3.01. The molecule has 0 aromatic heterocycles. The molecule has 0 fully saturated rings. The summed E-state index contributed by atoms with van der Waals surface area (Å²) < 4.78 is 0. The summed E-state index contributed by atoms with van der Waals surface area (Å²) in [4.78, 5) is 26.9. The minimum atomic E-state index is -0.204. The molecule has 0 aliphatic heterocycles. The van der Waals surface area contributed by atoms with E-state index in [2.05, 4.69) is 39.9 Å². The Balaban J connectivity index is 2.33. The zero-order valence-electron chi connectivity index (χ0n) is 18.1. The summed E-state index contributed by atoms with van der Waals surface area (Å²) in [6, 6.07) is 13.8. The van der Waals surface area contributed by atoms with Gasteiger partial charge in [0.15, 0.2) is 0 Å². The monoisotopic (exact) mass is 380 g/mol. The highest BCUT2D eigenvalue weighted by Gasteiger charge is 2.23. The molecule has 2 aromatic rings. The van der Waals surface area contributed by atoms with E-state index in [-0.39, 0.29) is 29.7 Å². The lowest BCUT2D eigenvalue weighted by Crippen LogP contribution is -2.38. The molecule has 0 saturated carbocycles. The minimum Gasteiger partial charge on any atom is -0.324 e. The number of carbonyl (C=O) groups excluding carboxylic acids is 2. The van der Waals surface area contributed by atoms with E-state index >= 15 is 0 Å². The molecule has 0 atom stereocenters. The second-order valence-corrected chi connectivity index (χ2v) is 8.62. The summed E-state index contributed by atoms with van der Waals surface area (Å²) in [5.74, 6) is -0.0956. The SMILES string of the molecule is CC(=O)N(CC(=O)Nc1ccccc1C(C)(C)C)c1c(C)cccc1C(C)C. The smallest absolute Gasteiger partial charge is 0.244 e. The molecule has 2 amide bonds. The molecule has 4 nitrogen and oxygen atoms in total. The predicted octanol–water partition coefficient (Wildman–Crippen LogP) is 5.41. The first-order valence-electron chi connectivity index (χ1n) is 9.79. The summed E-state index contributed by atoms with van der Waals surface area (Å²) in [5.41, 5.74) is 4.66. The zero-order chi connectivity index (χ0) is 21.1. The number of hydrogen-bond acceptors (Lipinski definition) is 2.